The third kappa shape index (κ3) is 3.41. The highest BCUT2D eigenvalue weighted by atomic mass is 35.5. The van der Waals surface area contributed by atoms with Crippen LogP contribution in [0.25, 0.3) is 0 Å². The molecule has 0 radical (unpaired) electrons. The van der Waals surface area contributed by atoms with E-state index in [4.69, 9.17) is 16.7 Å². The molecule has 2 rings (SSSR count). The van der Waals surface area contributed by atoms with Gasteiger partial charge in [0.15, 0.2) is 0 Å². The Labute approximate surface area is 130 Å². The van der Waals surface area contributed by atoms with Crippen LogP contribution >= 0.6 is 22.9 Å². The van der Waals surface area contributed by atoms with Gasteiger partial charge in [0.25, 0.3) is 0 Å². The Morgan fingerprint density at radius 3 is 2.76 bits per heavy atom. The summed E-state index contributed by atoms with van der Waals surface area (Å²) < 4.78 is 25.9. The fraction of sp³-hybridized carbons (Fsp3) is 0.167. The number of halogens is 1. The third-order valence-electron chi connectivity index (χ3n) is 2.72. The molecule has 0 saturated carbocycles. The van der Waals surface area contributed by atoms with Gasteiger partial charge in [-0.1, -0.05) is 11.6 Å². The lowest BCUT2D eigenvalue weighted by molar-refractivity contribution is 0.0697. The van der Waals surface area contributed by atoms with E-state index in [2.05, 4.69) is 4.98 Å². The van der Waals surface area contributed by atoms with E-state index in [1.165, 1.54) is 30.5 Å². The van der Waals surface area contributed by atoms with Crippen LogP contribution < -0.4 is 0 Å². The maximum Gasteiger partial charge on any atom is 0.337 e. The Morgan fingerprint density at radius 1 is 1.48 bits per heavy atom. The minimum Gasteiger partial charge on any atom is -0.478 e. The summed E-state index contributed by atoms with van der Waals surface area (Å²) in [5, 5.41) is 11.4. The molecule has 0 aliphatic carbocycles. The second kappa shape index (κ2) is 6.10. The second-order valence-corrected chi connectivity index (χ2v) is 7.56. The van der Waals surface area contributed by atoms with Gasteiger partial charge in [0.05, 0.1) is 22.0 Å². The first-order valence-electron chi connectivity index (χ1n) is 5.70. The number of benzene rings is 1. The zero-order chi connectivity index (χ0) is 15.6. The molecule has 21 heavy (non-hydrogen) atoms. The SMILES string of the molecule is CN(Cc1nccs1)S(=O)(=O)c1ccc(Cl)c(C(=O)O)c1. The molecule has 0 bridgehead atoms. The molecule has 1 aromatic carbocycles. The predicted molar refractivity (Wildman–Crippen MR) is 79.2 cm³/mol. The molecule has 0 unspecified atom stereocenters. The van der Waals surface area contributed by atoms with Crippen molar-refractivity contribution in [1.29, 1.82) is 0 Å². The zero-order valence-corrected chi connectivity index (χ0v) is 13.2. The molecule has 2 aromatic rings. The lowest BCUT2D eigenvalue weighted by Gasteiger charge is -2.16. The highest BCUT2D eigenvalue weighted by Crippen LogP contribution is 2.23. The van der Waals surface area contributed by atoms with Crippen molar-refractivity contribution in [1.82, 2.24) is 9.29 Å². The summed E-state index contributed by atoms with van der Waals surface area (Å²) in [6, 6.07) is 3.59. The van der Waals surface area contributed by atoms with Gasteiger partial charge in [0.1, 0.15) is 5.01 Å². The zero-order valence-electron chi connectivity index (χ0n) is 10.9. The Balaban J connectivity index is 2.35. The maximum atomic E-state index is 12.4. The van der Waals surface area contributed by atoms with Crippen LogP contribution in [0.2, 0.25) is 5.02 Å². The molecule has 9 heteroatoms. The van der Waals surface area contributed by atoms with Gasteiger partial charge in [0, 0.05) is 18.6 Å². The molecule has 0 aliphatic heterocycles. The largest absolute Gasteiger partial charge is 0.478 e. The first kappa shape index (κ1) is 15.9. The number of sulfonamides is 1. The number of nitrogens with zero attached hydrogens (tertiary/aromatic N) is 2. The summed E-state index contributed by atoms with van der Waals surface area (Å²) in [6.45, 7) is 0.116. The molecule has 0 saturated heterocycles. The quantitative estimate of drug-likeness (QED) is 0.897. The summed E-state index contributed by atoms with van der Waals surface area (Å²) in [6.07, 6.45) is 1.59. The number of thiazole rings is 1. The molecule has 0 spiro atoms. The minimum absolute atomic E-state index is 0.0102. The number of hydrogen-bond acceptors (Lipinski definition) is 5. The number of carbonyl (C=O) groups is 1. The summed E-state index contributed by atoms with van der Waals surface area (Å²) >= 11 is 7.08. The molecule has 1 N–H and O–H groups in total. The van der Waals surface area contributed by atoms with Crippen molar-refractivity contribution in [3.63, 3.8) is 0 Å². The lowest BCUT2D eigenvalue weighted by Crippen LogP contribution is -2.26. The molecule has 1 heterocycles. The summed E-state index contributed by atoms with van der Waals surface area (Å²) in [5.74, 6) is -1.28. The van der Waals surface area contributed by atoms with E-state index in [0.717, 1.165) is 10.4 Å². The highest BCUT2D eigenvalue weighted by Gasteiger charge is 2.23. The van der Waals surface area contributed by atoms with E-state index in [1.54, 1.807) is 11.6 Å². The average molecular weight is 347 g/mol. The van der Waals surface area contributed by atoms with Crippen molar-refractivity contribution in [3.05, 3.63) is 45.4 Å². The Kier molecular flexibility index (Phi) is 4.62. The fourth-order valence-corrected chi connectivity index (χ4v) is 3.72. The minimum atomic E-state index is -3.81. The summed E-state index contributed by atoms with van der Waals surface area (Å²) in [5.41, 5.74) is -0.250. The third-order valence-corrected chi connectivity index (χ3v) is 5.61. The van der Waals surface area contributed by atoms with Gasteiger partial charge in [-0.05, 0) is 18.2 Å². The first-order chi connectivity index (χ1) is 9.82. The number of aromatic carboxylic acids is 1. The lowest BCUT2D eigenvalue weighted by atomic mass is 10.2. The predicted octanol–water partition coefficient (Wildman–Crippen LogP) is 2.32. The topological polar surface area (TPSA) is 87.6 Å². The van der Waals surface area contributed by atoms with Crippen LogP contribution in [0.1, 0.15) is 15.4 Å². The van der Waals surface area contributed by atoms with Gasteiger partial charge in [0.2, 0.25) is 10.0 Å². The van der Waals surface area contributed by atoms with Gasteiger partial charge >= 0.3 is 5.97 Å². The van der Waals surface area contributed by atoms with Gasteiger partial charge in [-0.15, -0.1) is 11.3 Å². The van der Waals surface area contributed by atoms with Crippen molar-refractivity contribution in [3.8, 4) is 0 Å². The number of hydrogen-bond donors (Lipinski definition) is 1. The molecule has 0 fully saturated rings. The smallest absolute Gasteiger partial charge is 0.337 e. The van der Waals surface area contributed by atoms with Gasteiger partial charge in [-0.3, -0.25) is 0 Å². The normalized spacial score (nSPS) is 11.8. The highest BCUT2D eigenvalue weighted by molar-refractivity contribution is 7.89. The Bertz CT molecular complexity index is 760. The van der Waals surface area contributed by atoms with Crippen LogP contribution in [-0.4, -0.2) is 35.8 Å². The number of carboxylic acids is 1. The van der Waals surface area contributed by atoms with Gasteiger partial charge < -0.3 is 5.11 Å². The van der Waals surface area contributed by atoms with E-state index in [9.17, 15) is 13.2 Å². The van der Waals surface area contributed by atoms with Gasteiger partial charge in [-0.25, -0.2) is 18.2 Å². The fourth-order valence-electron chi connectivity index (χ4n) is 1.62. The second-order valence-electron chi connectivity index (χ2n) is 4.13. The van der Waals surface area contributed by atoms with Crippen molar-refractivity contribution in [2.75, 3.05) is 7.05 Å². The molecule has 0 amide bonds. The van der Waals surface area contributed by atoms with Crippen LogP contribution in [0.3, 0.4) is 0 Å². The van der Waals surface area contributed by atoms with E-state index >= 15 is 0 Å². The molecule has 112 valence electrons. The van der Waals surface area contributed by atoms with Crippen LogP contribution in [0.15, 0.2) is 34.7 Å². The molecular formula is C12H11ClN2O4S2. The molecule has 0 atom stereocenters. The van der Waals surface area contributed by atoms with Gasteiger partial charge in [-0.2, -0.15) is 4.31 Å². The standard InChI is InChI=1S/C12H11ClN2O4S2/c1-15(7-11-14-4-5-20-11)21(18,19)8-2-3-10(13)9(6-8)12(16)17/h2-6H,7H2,1H3,(H,16,17). The van der Waals surface area contributed by atoms with Crippen molar-refractivity contribution in [2.24, 2.45) is 0 Å². The molecule has 1 aromatic heterocycles. The summed E-state index contributed by atoms with van der Waals surface area (Å²) in [4.78, 5) is 14.9. The van der Waals surface area contributed by atoms with Crippen molar-refractivity contribution >= 4 is 38.9 Å². The number of carboxylic acid groups (broad SMARTS) is 1. The van der Waals surface area contributed by atoms with Crippen molar-refractivity contribution in [2.45, 2.75) is 11.4 Å². The Hall–Kier alpha value is -1.48. The molecule has 0 aliphatic rings. The first-order valence-corrected chi connectivity index (χ1v) is 8.39. The summed E-state index contributed by atoms with van der Waals surface area (Å²) in [7, 11) is -2.40. The molecule has 6 nitrogen and oxygen atoms in total. The van der Waals surface area contributed by atoms with Crippen molar-refractivity contribution < 1.29 is 18.3 Å². The van der Waals surface area contributed by atoms with Crippen LogP contribution in [0.5, 0.6) is 0 Å². The number of rotatable bonds is 5. The van der Waals surface area contributed by atoms with Crippen LogP contribution in [-0.2, 0) is 16.6 Å². The molecular weight excluding hydrogens is 336 g/mol. The average Bonchev–Trinajstić information content (AvgIpc) is 2.91. The van der Waals surface area contributed by atoms with E-state index in [-0.39, 0.29) is 22.0 Å². The van der Waals surface area contributed by atoms with E-state index in [1.807, 2.05) is 0 Å². The Morgan fingerprint density at radius 2 is 2.19 bits per heavy atom. The number of aromatic nitrogens is 1. The van der Waals surface area contributed by atoms with Crippen LogP contribution in [0.4, 0.5) is 0 Å². The van der Waals surface area contributed by atoms with Crippen LogP contribution in [0, 0.1) is 0 Å². The van der Waals surface area contributed by atoms with E-state index in [0.29, 0.717) is 5.01 Å². The maximum absolute atomic E-state index is 12.4. The van der Waals surface area contributed by atoms with E-state index < -0.39 is 16.0 Å². The monoisotopic (exact) mass is 346 g/mol.